The molecule has 0 aliphatic carbocycles. The predicted octanol–water partition coefficient (Wildman–Crippen LogP) is 1.40. The molecule has 0 aliphatic rings. The van der Waals surface area contributed by atoms with Crippen LogP contribution in [0, 0.1) is 0 Å². The number of benzene rings is 1. The van der Waals surface area contributed by atoms with Gasteiger partial charge in [-0.1, -0.05) is 18.2 Å². The summed E-state index contributed by atoms with van der Waals surface area (Å²) in [4.78, 5) is -0.468. The molecule has 0 amide bonds. The third-order valence-corrected chi connectivity index (χ3v) is 2.53. The first-order valence-electron chi connectivity index (χ1n) is 3.64. The molecular formula is C8H9FO3S. The Hall–Kier alpha value is -0.940. The Morgan fingerprint density at radius 3 is 2.31 bits per heavy atom. The van der Waals surface area contributed by atoms with Crippen LogP contribution >= 0.6 is 0 Å². The van der Waals surface area contributed by atoms with E-state index < -0.39 is 21.2 Å². The van der Waals surface area contributed by atoms with E-state index in [2.05, 4.69) is 0 Å². The third kappa shape index (κ3) is 2.26. The number of hydrogen-bond donors (Lipinski definition) is 1. The predicted molar refractivity (Wildman–Crippen MR) is 45.4 cm³/mol. The smallest absolute Gasteiger partial charge is 0.332 e. The van der Waals surface area contributed by atoms with E-state index in [1.54, 1.807) is 0 Å². The second-order valence-electron chi connectivity index (χ2n) is 2.65. The summed E-state index contributed by atoms with van der Waals surface area (Å²) in [6, 6.07) is 5.43. The van der Waals surface area contributed by atoms with Crippen LogP contribution in [0.5, 0.6) is 0 Å². The quantitative estimate of drug-likeness (QED) is 0.741. The summed E-state index contributed by atoms with van der Waals surface area (Å²) in [6.45, 7) is 1.38. The zero-order valence-electron chi connectivity index (χ0n) is 6.94. The molecule has 0 spiro atoms. The Bertz CT molecular complexity index is 398. The minimum atomic E-state index is -4.74. The van der Waals surface area contributed by atoms with E-state index in [0.29, 0.717) is 0 Å². The van der Waals surface area contributed by atoms with Crippen molar-refractivity contribution in [1.29, 1.82) is 0 Å². The highest BCUT2D eigenvalue weighted by Crippen LogP contribution is 2.23. The van der Waals surface area contributed by atoms with Gasteiger partial charge in [-0.2, -0.15) is 8.42 Å². The number of aliphatic hydroxyl groups is 1. The monoisotopic (exact) mass is 204 g/mol. The summed E-state index contributed by atoms with van der Waals surface area (Å²) in [6.07, 6.45) is -0.998. The summed E-state index contributed by atoms with van der Waals surface area (Å²) in [5, 5.41) is 9.14. The first-order valence-corrected chi connectivity index (χ1v) is 5.03. The van der Waals surface area contributed by atoms with E-state index in [0.717, 1.165) is 6.07 Å². The average molecular weight is 204 g/mol. The van der Waals surface area contributed by atoms with Crippen molar-refractivity contribution in [1.82, 2.24) is 0 Å². The number of hydrogen-bond acceptors (Lipinski definition) is 3. The standard InChI is InChI=1S/C8H9FO3S/c1-6(10)7-4-2-3-5-8(7)13(9,11)12/h2-6,10H,1H3. The van der Waals surface area contributed by atoms with Crippen LogP contribution in [0.4, 0.5) is 3.89 Å². The molecule has 1 N–H and O–H groups in total. The molecule has 72 valence electrons. The van der Waals surface area contributed by atoms with E-state index in [9.17, 15) is 12.3 Å². The van der Waals surface area contributed by atoms with Crippen molar-refractivity contribution in [2.24, 2.45) is 0 Å². The molecule has 0 heterocycles. The Kier molecular flexibility index (Phi) is 2.68. The molecule has 1 atom stereocenters. The molecule has 1 aromatic rings. The van der Waals surface area contributed by atoms with Crippen LogP contribution in [0.25, 0.3) is 0 Å². The van der Waals surface area contributed by atoms with Crippen LogP contribution in [0.15, 0.2) is 29.2 Å². The molecular weight excluding hydrogens is 195 g/mol. The van der Waals surface area contributed by atoms with Gasteiger partial charge in [0.05, 0.1) is 6.10 Å². The molecule has 3 nitrogen and oxygen atoms in total. The SMILES string of the molecule is CC(O)c1ccccc1S(=O)(=O)F. The van der Waals surface area contributed by atoms with Crippen LogP contribution in [0.3, 0.4) is 0 Å². The Balaban J connectivity index is 3.37. The van der Waals surface area contributed by atoms with E-state index in [1.165, 1.54) is 25.1 Å². The minimum Gasteiger partial charge on any atom is -0.389 e. The molecule has 0 radical (unpaired) electrons. The highest BCUT2D eigenvalue weighted by atomic mass is 32.3. The Labute approximate surface area is 76.0 Å². The topological polar surface area (TPSA) is 54.4 Å². The molecule has 5 heteroatoms. The number of rotatable bonds is 2. The van der Waals surface area contributed by atoms with Crippen molar-refractivity contribution in [2.75, 3.05) is 0 Å². The Morgan fingerprint density at radius 2 is 1.92 bits per heavy atom. The van der Waals surface area contributed by atoms with Crippen LogP contribution in [-0.2, 0) is 10.2 Å². The second kappa shape index (κ2) is 3.43. The first-order chi connectivity index (χ1) is 5.93. The van der Waals surface area contributed by atoms with E-state index >= 15 is 0 Å². The van der Waals surface area contributed by atoms with Gasteiger partial charge in [0, 0.05) is 5.56 Å². The normalized spacial score (nSPS) is 14.1. The highest BCUT2D eigenvalue weighted by molar-refractivity contribution is 7.86. The fraction of sp³-hybridized carbons (Fsp3) is 0.250. The summed E-state index contributed by atoms with van der Waals surface area (Å²) < 4.78 is 33.8. The maximum absolute atomic E-state index is 12.6. The zero-order valence-corrected chi connectivity index (χ0v) is 7.75. The van der Waals surface area contributed by atoms with E-state index in [1.807, 2.05) is 0 Å². The lowest BCUT2D eigenvalue weighted by Crippen LogP contribution is -2.01. The molecule has 1 rings (SSSR count). The lowest BCUT2D eigenvalue weighted by molar-refractivity contribution is 0.196. The van der Waals surface area contributed by atoms with E-state index in [4.69, 9.17) is 5.11 Å². The van der Waals surface area contributed by atoms with Gasteiger partial charge in [0.1, 0.15) is 4.90 Å². The highest BCUT2D eigenvalue weighted by Gasteiger charge is 2.18. The van der Waals surface area contributed by atoms with Crippen molar-refractivity contribution in [3.63, 3.8) is 0 Å². The second-order valence-corrected chi connectivity index (χ2v) is 3.97. The molecule has 0 aliphatic heterocycles. The average Bonchev–Trinajstić information content (AvgIpc) is 2.03. The molecule has 0 saturated heterocycles. The van der Waals surface area contributed by atoms with Crippen molar-refractivity contribution in [2.45, 2.75) is 17.9 Å². The van der Waals surface area contributed by atoms with Gasteiger partial charge in [-0.3, -0.25) is 0 Å². The van der Waals surface area contributed by atoms with Gasteiger partial charge in [0.2, 0.25) is 0 Å². The van der Waals surface area contributed by atoms with Crippen molar-refractivity contribution < 1.29 is 17.4 Å². The molecule has 13 heavy (non-hydrogen) atoms. The number of halogens is 1. The fourth-order valence-electron chi connectivity index (χ4n) is 1.05. The van der Waals surface area contributed by atoms with Crippen LogP contribution < -0.4 is 0 Å². The third-order valence-electron chi connectivity index (χ3n) is 1.63. The first kappa shape index (κ1) is 10.1. The summed E-state index contributed by atoms with van der Waals surface area (Å²) in [7, 11) is -4.74. The van der Waals surface area contributed by atoms with Gasteiger partial charge in [-0.05, 0) is 13.0 Å². The maximum atomic E-state index is 12.6. The van der Waals surface area contributed by atoms with Crippen LogP contribution in [0.2, 0.25) is 0 Å². The van der Waals surface area contributed by atoms with Crippen LogP contribution in [0.1, 0.15) is 18.6 Å². The van der Waals surface area contributed by atoms with Gasteiger partial charge >= 0.3 is 10.2 Å². The van der Waals surface area contributed by atoms with Gasteiger partial charge in [-0.15, -0.1) is 3.89 Å². The fourth-order valence-corrected chi connectivity index (χ4v) is 1.81. The lowest BCUT2D eigenvalue weighted by atomic mass is 10.1. The minimum absolute atomic E-state index is 0.0741. The Morgan fingerprint density at radius 1 is 1.38 bits per heavy atom. The summed E-state index contributed by atoms with van der Waals surface area (Å²) >= 11 is 0. The van der Waals surface area contributed by atoms with Crippen LogP contribution in [-0.4, -0.2) is 13.5 Å². The largest absolute Gasteiger partial charge is 0.389 e. The number of aliphatic hydroxyl groups excluding tert-OH is 1. The van der Waals surface area contributed by atoms with Gasteiger partial charge in [0.25, 0.3) is 0 Å². The molecule has 1 unspecified atom stereocenters. The van der Waals surface area contributed by atoms with Crippen molar-refractivity contribution in [3.8, 4) is 0 Å². The molecule has 0 aromatic heterocycles. The molecule has 0 saturated carbocycles. The summed E-state index contributed by atoms with van der Waals surface area (Å²) in [5.41, 5.74) is 0.0741. The lowest BCUT2D eigenvalue weighted by Gasteiger charge is -2.07. The maximum Gasteiger partial charge on any atom is 0.332 e. The molecule has 1 aromatic carbocycles. The summed E-state index contributed by atoms with van der Waals surface area (Å²) in [5.74, 6) is 0. The van der Waals surface area contributed by atoms with Crippen molar-refractivity contribution >= 4 is 10.2 Å². The van der Waals surface area contributed by atoms with E-state index in [-0.39, 0.29) is 5.56 Å². The zero-order chi connectivity index (χ0) is 10.1. The van der Waals surface area contributed by atoms with Gasteiger partial charge in [0.15, 0.2) is 0 Å². The van der Waals surface area contributed by atoms with Gasteiger partial charge < -0.3 is 5.11 Å². The van der Waals surface area contributed by atoms with Crippen molar-refractivity contribution in [3.05, 3.63) is 29.8 Å². The van der Waals surface area contributed by atoms with Gasteiger partial charge in [-0.25, -0.2) is 0 Å². The molecule has 0 fully saturated rings. The molecule has 0 bridgehead atoms.